The van der Waals surface area contributed by atoms with Crippen LogP contribution in [0.15, 0.2) is 58.0 Å². The summed E-state index contributed by atoms with van der Waals surface area (Å²) >= 11 is 0. The predicted octanol–water partition coefficient (Wildman–Crippen LogP) is 1.69. The van der Waals surface area contributed by atoms with Crippen molar-refractivity contribution in [3.05, 3.63) is 54.5 Å². The molecule has 2 N–H and O–H groups in total. The number of nitrogens with zero attached hydrogens (tertiary/aromatic N) is 1. The van der Waals surface area contributed by atoms with Crippen LogP contribution in [0.5, 0.6) is 0 Å². The smallest absolute Gasteiger partial charge is 0.309 e. The average molecular weight is 434 g/mol. The minimum absolute atomic E-state index is 0.203. The van der Waals surface area contributed by atoms with Crippen LogP contribution >= 0.6 is 0 Å². The van der Waals surface area contributed by atoms with Gasteiger partial charge >= 0.3 is 11.8 Å². The van der Waals surface area contributed by atoms with Crippen molar-refractivity contribution < 1.29 is 22.4 Å². The molecule has 3 rings (SSSR count). The number of nitrogens with one attached hydrogen (secondary N) is 2. The third-order valence-electron chi connectivity index (χ3n) is 5.13. The Morgan fingerprint density at radius 3 is 2.43 bits per heavy atom. The van der Waals surface area contributed by atoms with E-state index in [2.05, 4.69) is 10.6 Å². The van der Waals surface area contributed by atoms with Gasteiger partial charge in [-0.2, -0.15) is 4.31 Å². The van der Waals surface area contributed by atoms with Crippen LogP contribution in [-0.2, 0) is 26.0 Å². The van der Waals surface area contributed by atoms with E-state index in [0.29, 0.717) is 25.9 Å². The molecular weight excluding hydrogens is 406 g/mol. The van der Waals surface area contributed by atoms with E-state index < -0.39 is 21.8 Å². The maximum absolute atomic E-state index is 13.0. The van der Waals surface area contributed by atoms with Gasteiger partial charge in [0, 0.05) is 32.1 Å². The average Bonchev–Trinajstić information content (AvgIpc) is 3.28. The number of furan rings is 1. The molecule has 1 aliphatic rings. The fourth-order valence-corrected chi connectivity index (χ4v) is 5.32. The minimum atomic E-state index is -3.58. The summed E-state index contributed by atoms with van der Waals surface area (Å²) in [7, 11) is -3.58. The number of sulfonamides is 1. The zero-order chi connectivity index (χ0) is 21.4. The topological polar surface area (TPSA) is 109 Å². The van der Waals surface area contributed by atoms with E-state index in [9.17, 15) is 18.0 Å². The van der Waals surface area contributed by atoms with Crippen LogP contribution in [0.25, 0.3) is 0 Å². The van der Waals surface area contributed by atoms with Gasteiger partial charge in [-0.15, -0.1) is 0 Å². The lowest BCUT2D eigenvalue weighted by atomic mass is 10.0. The van der Waals surface area contributed by atoms with Crippen molar-refractivity contribution in [1.82, 2.24) is 14.9 Å². The Hall–Kier alpha value is -2.65. The third kappa shape index (κ3) is 5.70. The molecule has 1 saturated heterocycles. The molecule has 0 aliphatic carbocycles. The van der Waals surface area contributed by atoms with Crippen molar-refractivity contribution in [2.45, 2.75) is 43.0 Å². The van der Waals surface area contributed by atoms with Gasteiger partial charge in [-0.05, 0) is 43.5 Å². The first-order chi connectivity index (χ1) is 14.5. The van der Waals surface area contributed by atoms with Crippen LogP contribution in [-0.4, -0.2) is 50.2 Å². The van der Waals surface area contributed by atoms with E-state index in [1.807, 2.05) is 0 Å². The molecule has 9 heteroatoms. The molecule has 2 amide bonds. The lowest BCUT2D eigenvalue weighted by Crippen LogP contribution is -2.46. The minimum Gasteiger partial charge on any atom is -0.469 e. The zero-order valence-corrected chi connectivity index (χ0v) is 17.6. The first kappa shape index (κ1) is 22.0. The number of carbonyl (C=O) groups excluding carboxylic acids is 2. The van der Waals surface area contributed by atoms with Gasteiger partial charge in [0.05, 0.1) is 11.2 Å². The molecule has 1 aromatic carbocycles. The van der Waals surface area contributed by atoms with E-state index >= 15 is 0 Å². The van der Waals surface area contributed by atoms with Crippen LogP contribution < -0.4 is 10.6 Å². The SMILES string of the molecule is O=C(NCCc1ccco1)C(=O)NCC[C@H]1CCCCN1S(=O)(=O)c1ccccc1. The largest absolute Gasteiger partial charge is 0.469 e. The molecule has 0 radical (unpaired) electrons. The van der Waals surface area contributed by atoms with Crippen LogP contribution in [0.4, 0.5) is 0 Å². The van der Waals surface area contributed by atoms with Gasteiger partial charge in [0.15, 0.2) is 0 Å². The maximum atomic E-state index is 13.0. The molecule has 1 aliphatic heterocycles. The molecule has 1 fully saturated rings. The van der Waals surface area contributed by atoms with Gasteiger partial charge < -0.3 is 15.1 Å². The summed E-state index contributed by atoms with van der Waals surface area (Å²) in [6.45, 7) is 0.991. The first-order valence-electron chi connectivity index (χ1n) is 10.1. The molecule has 0 spiro atoms. The van der Waals surface area contributed by atoms with Gasteiger partial charge in [-0.3, -0.25) is 9.59 Å². The number of hydrogen-bond acceptors (Lipinski definition) is 5. The molecule has 1 atom stereocenters. The highest BCUT2D eigenvalue weighted by Crippen LogP contribution is 2.26. The number of rotatable bonds is 8. The molecule has 162 valence electrons. The zero-order valence-electron chi connectivity index (χ0n) is 16.7. The van der Waals surface area contributed by atoms with Crippen molar-refractivity contribution in [2.75, 3.05) is 19.6 Å². The quantitative estimate of drug-likeness (QED) is 0.616. The lowest BCUT2D eigenvalue weighted by molar-refractivity contribution is -0.139. The Balaban J connectivity index is 1.47. The fraction of sp³-hybridized carbons (Fsp3) is 0.429. The summed E-state index contributed by atoms with van der Waals surface area (Å²) < 4.78 is 32.7. The van der Waals surface area contributed by atoms with Crippen molar-refractivity contribution in [3.8, 4) is 0 Å². The summed E-state index contributed by atoms with van der Waals surface area (Å²) in [5, 5.41) is 5.14. The monoisotopic (exact) mass is 433 g/mol. The van der Waals surface area contributed by atoms with Crippen LogP contribution in [0.2, 0.25) is 0 Å². The van der Waals surface area contributed by atoms with Gasteiger partial charge in [-0.25, -0.2) is 8.42 Å². The number of benzene rings is 1. The number of amides is 2. The fourth-order valence-electron chi connectivity index (χ4n) is 3.57. The van der Waals surface area contributed by atoms with Crippen molar-refractivity contribution in [2.24, 2.45) is 0 Å². The highest BCUT2D eigenvalue weighted by atomic mass is 32.2. The summed E-state index contributed by atoms with van der Waals surface area (Å²) in [5.74, 6) is -0.700. The molecule has 30 heavy (non-hydrogen) atoms. The molecule has 8 nitrogen and oxygen atoms in total. The highest BCUT2D eigenvalue weighted by Gasteiger charge is 2.33. The van der Waals surface area contributed by atoms with Gasteiger partial charge in [0.2, 0.25) is 10.0 Å². The predicted molar refractivity (Wildman–Crippen MR) is 111 cm³/mol. The standard InChI is InChI=1S/C21H27N3O5S/c25-20(21(26)23-14-12-18-8-6-16-29-18)22-13-11-17-7-4-5-15-24(17)30(27,28)19-9-2-1-3-10-19/h1-3,6,8-10,16-17H,4-5,7,11-15H2,(H,22,25)(H,23,26)/t17-/m1/s1. The number of piperidine rings is 1. The summed E-state index contributed by atoms with van der Waals surface area (Å²) in [4.78, 5) is 24.2. The van der Waals surface area contributed by atoms with Gasteiger partial charge in [0.1, 0.15) is 5.76 Å². The number of carbonyl (C=O) groups is 2. The van der Waals surface area contributed by atoms with E-state index in [4.69, 9.17) is 4.42 Å². The second kappa shape index (κ2) is 10.4. The van der Waals surface area contributed by atoms with Gasteiger partial charge in [0.25, 0.3) is 0 Å². The molecule has 0 bridgehead atoms. The van der Waals surface area contributed by atoms with Crippen LogP contribution in [0.1, 0.15) is 31.4 Å². The lowest BCUT2D eigenvalue weighted by Gasteiger charge is -2.34. The summed E-state index contributed by atoms with van der Waals surface area (Å²) in [6, 6.07) is 11.7. The maximum Gasteiger partial charge on any atom is 0.309 e. The first-order valence-corrected chi connectivity index (χ1v) is 11.6. The van der Waals surface area contributed by atoms with Crippen molar-refractivity contribution in [1.29, 1.82) is 0 Å². The Morgan fingerprint density at radius 1 is 1.00 bits per heavy atom. The normalized spacial score (nSPS) is 17.4. The van der Waals surface area contributed by atoms with Crippen LogP contribution in [0.3, 0.4) is 0 Å². The van der Waals surface area contributed by atoms with E-state index in [0.717, 1.165) is 25.0 Å². The van der Waals surface area contributed by atoms with E-state index in [1.165, 1.54) is 4.31 Å². The van der Waals surface area contributed by atoms with Crippen molar-refractivity contribution in [3.63, 3.8) is 0 Å². The number of hydrogen-bond donors (Lipinski definition) is 2. The second-order valence-corrected chi connectivity index (χ2v) is 9.10. The summed E-state index contributed by atoms with van der Waals surface area (Å²) in [5.41, 5.74) is 0. The molecule has 0 saturated carbocycles. The molecule has 1 aromatic heterocycles. The van der Waals surface area contributed by atoms with E-state index in [-0.39, 0.29) is 17.5 Å². The van der Waals surface area contributed by atoms with E-state index in [1.54, 1.807) is 48.7 Å². The summed E-state index contributed by atoms with van der Waals surface area (Å²) in [6.07, 6.45) is 4.99. The van der Waals surface area contributed by atoms with Gasteiger partial charge in [-0.1, -0.05) is 24.6 Å². The molecule has 2 aromatic rings. The second-order valence-electron chi connectivity index (χ2n) is 7.21. The highest BCUT2D eigenvalue weighted by molar-refractivity contribution is 7.89. The molecular formula is C21H27N3O5S. The Bertz CT molecular complexity index is 929. The Kier molecular flexibility index (Phi) is 7.64. The molecule has 0 unspecified atom stereocenters. The third-order valence-corrected chi connectivity index (χ3v) is 7.10. The van der Waals surface area contributed by atoms with Crippen LogP contribution in [0, 0.1) is 0 Å². The Morgan fingerprint density at radius 2 is 1.73 bits per heavy atom. The molecule has 2 heterocycles. The van der Waals surface area contributed by atoms with Crippen molar-refractivity contribution >= 4 is 21.8 Å². The Labute approximate surface area is 176 Å².